The topological polar surface area (TPSA) is 57.2 Å². The number of hydrogen-bond acceptors (Lipinski definition) is 5. The largest absolute Gasteiger partial charge is 0.385 e. The summed E-state index contributed by atoms with van der Waals surface area (Å²) in [6, 6.07) is 10.3. The van der Waals surface area contributed by atoms with Crippen LogP contribution >= 0.6 is 46.4 Å². The van der Waals surface area contributed by atoms with Crippen LogP contribution in [0.25, 0.3) is 0 Å². The highest BCUT2D eigenvalue weighted by molar-refractivity contribution is 6.35. The van der Waals surface area contributed by atoms with Crippen LogP contribution in [0.4, 0.5) is 0 Å². The Balaban J connectivity index is 1.60. The van der Waals surface area contributed by atoms with Crippen molar-refractivity contribution in [2.75, 3.05) is 13.7 Å². The van der Waals surface area contributed by atoms with E-state index in [0.717, 1.165) is 11.1 Å². The lowest BCUT2D eigenvalue weighted by Crippen LogP contribution is -2.37. The molecule has 2 aromatic carbocycles. The third-order valence-corrected chi connectivity index (χ3v) is 5.70. The molecule has 1 heterocycles. The van der Waals surface area contributed by atoms with Gasteiger partial charge in [0.1, 0.15) is 18.3 Å². The van der Waals surface area contributed by atoms with E-state index < -0.39 is 24.6 Å². The molecule has 1 N–H and O–H groups in total. The summed E-state index contributed by atoms with van der Waals surface area (Å²) in [7, 11) is 1.46. The highest BCUT2D eigenvalue weighted by Crippen LogP contribution is 2.28. The summed E-state index contributed by atoms with van der Waals surface area (Å²) in [6.07, 6.45) is -2.98. The molecule has 4 atom stereocenters. The van der Waals surface area contributed by atoms with Crippen molar-refractivity contribution in [3.05, 3.63) is 67.6 Å². The van der Waals surface area contributed by atoms with E-state index in [4.69, 9.17) is 65.4 Å². The maximum Gasteiger partial charge on any atom is 0.186 e. The second kappa shape index (κ2) is 10.6. The zero-order valence-corrected chi connectivity index (χ0v) is 18.5. The standard InChI is InChI=1S/C20H20Cl4O5/c1-26-20-18(25)19(28-9-12-3-5-14(22)7-16(12)24)17(29-20)10-27-8-11-2-4-13(21)6-15(11)23/h2-7,17-20,25H,8-10H2,1H3/t17-,18?,19+,20+/m1/s1. The lowest BCUT2D eigenvalue weighted by molar-refractivity contribution is -0.156. The predicted molar refractivity (Wildman–Crippen MR) is 113 cm³/mol. The Kier molecular flexibility index (Phi) is 8.45. The third kappa shape index (κ3) is 5.97. The van der Waals surface area contributed by atoms with Crippen LogP contribution in [-0.2, 0) is 32.2 Å². The highest BCUT2D eigenvalue weighted by Gasteiger charge is 2.45. The van der Waals surface area contributed by atoms with E-state index in [1.807, 2.05) is 0 Å². The van der Waals surface area contributed by atoms with Gasteiger partial charge in [0.05, 0.1) is 19.8 Å². The highest BCUT2D eigenvalue weighted by atomic mass is 35.5. The van der Waals surface area contributed by atoms with Crippen LogP contribution in [0.15, 0.2) is 36.4 Å². The minimum atomic E-state index is -0.973. The summed E-state index contributed by atoms with van der Waals surface area (Å²) in [5.41, 5.74) is 1.54. The summed E-state index contributed by atoms with van der Waals surface area (Å²) in [6.45, 7) is 0.616. The van der Waals surface area contributed by atoms with Gasteiger partial charge in [-0.05, 0) is 35.4 Å². The molecule has 0 aliphatic carbocycles. The first-order chi connectivity index (χ1) is 13.9. The van der Waals surface area contributed by atoms with Crippen LogP contribution in [0.3, 0.4) is 0 Å². The Morgan fingerprint density at radius 2 is 1.52 bits per heavy atom. The molecule has 1 aliphatic rings. The van der Waals surface area contributed by atoms with Crippen molar-refractivity contribution in [1.29, 1.82) is 0 Å². The van der Waals surface area contributed by atoms with Gasteiger partial charge < -0.3 is 24.1 Å². The molecule has 2 aromatic rings. The molecule has 29 heavy (non-hydrogen) atoms. The van der Waals surface area contributed by atoms with Gasteiger partial charge in [-0.15, -0.1) is 0 Å². The number of aliphatic hydroxyl groups is 1. The fourth-order valence-electron chi connectivity index (χ4n) is 2.99. The Labute approximate surface area is 189 Å². The zero-order chi connectivity index (χ0) is 21.0. The maximum atomic E-state index is 10.5. The summed E-state index contributed by atoms with van der Waals surface area (Å²) in [4.78, 5) is 0. The summed E-state index contributed by atoms with van der Waals surface area (Å²) < 4.78 is 22.6. The van der Waals surface area contributed by atoms with Crippen LogP contribution in [0.5, 0.6) is 0 Å². The molecule has 0 amide bonds. The average molecular weight is 482 g/mol. The SMILES string of the molecule is CO[C@H]1O[C@H](COCc2ccc(Cl)cc2Cl)[C@H](OCc2ccc(Cl)cc2Cl)C1O. The first-order valence-corrected chi connectivity index (χ1v) is 10.3. The molecule has 1 unspecified atom stereocenters. The van der Waals surface area contributed by atoms with E-state index in [2.05, 4.69) is 0 Å². The van der Waals surface area contributed by atoms with Crippen LogP contribution in [0, 0.1) is 0 Å². The molecule has 0 saturated carbocycles. The van der Waals surface area contributed by atoms with Crippen LogP contribution in [0.2, 0.25) is 20.1 Å². The lowest BCUT2D eigenvalue weighted by Gasteiger charge is -2.21. The van der Waals surface area contributed by atoms with Gasteiger partial charge in [0, 0.05) is 27.2 Å². The van der Waals surface area contributed by atoms with Crippen molar-refractivity contribution in [3.63, 3.8) is 0 Å². The molecule has 0 spiro atoms. The van der Waals surface area contributed by atoms with Crippen LogP contribution in [0.1, 0.15) is 11.1 Å². The molecule has 158 valence electrons. The second-order valence-electron chi connectivity index (χ2n) is 6.53. The Morgan fingerprint density at radius 1 is 0.931 bits per heavy atom. The quantitative estimate of drug-likeness (QED) is 0.566. The third-order valence-electron chi connectivity index (χ3n) is 4.52. The monoisotopic (exact) mass is 480 g/mol. The van der Waals surface area contributed by atoms with Gasteiger partial charge in [0.15, 0.2) is 6.29 Å². The fourth-order valence-corrected chi connectivity index (χ4v) is 3.91. The van der Waals surface area contributed by atoms with E-state index in [0.29, 0.717) is 20.1 Å². The van der Waals surface area contributed by atoms with Crippen molar-refractivity contribution in [3.8, 4) is 0 Å². The van der Waals surface area contributed by atoms with Crippen molar-refractivity contribution >= 4 is 46.4 Å². The lowest BCUT2D eigenvalue weighted by atomic mass is 10.1. The summed E-state index contributed by atoms with van der Waals surface area (Å²) >= 11 is 24.2. The maximum absolute atomic E-state index is 10.5. The molecular formula is C20H20Cl4O5. The van der Waals surface area contributed by atoms with Gasteiger partial charge in [-0.3, -0.25) is 0 Å². The average Bonchev–Trinajstić information content (AvgIpc) is 2.98. The number of rotatable bonds is 8. The van der Waals surface area contributed by atoms with Gasteiger partial charge in [0.2, 0.25) is 0 Å². The molecule has 9 heteroatoms. The predicted octanol–water partition coefficient (Wildman–Crippen LogP) is 5.13. The van der Waals surface area contributed by atoms with Crippen LogP contribution in [-0.4, -0.2) is 43.4 Å². The fraction of sp³-hybridized carbons (Fsp3) is 0.400. The number of halogens is 4. The second-order valence-corrected chi connectivity index (χ2v) is 8.22. The van der Waals surface area contributed by atoms with Gasteiger partial charge in [-0.25, -0.2) is 0 Å². The smallest absolute Gasteiger partial charge is 0.186 e. The van der Waals surface area contributed by atoms with Crippen molar-refractivity contribution in [2.24, 2.45) is 0 Å². The Hall–Kier alpha value is -0.600. The number of benzene rings is 2. The van der Waals surface area contributed by atoms with E-state index in [1.54, 1.807) is 36.4 Å². The van der Waals surface area contributed by atoms with Crippen molar-refractivity contribution < 1.29 is 24.1 Å². The van der Waals surface area contributed by atoms with E-state index in [1.165, 1.54) is 7.11 Å². The van der Waals surface area contributed by atoms with E-state index >= 15 is 0 Å². The molecule has 5 nitrogen and oxygen atoms in total. The number of aliphatic hydroxyl groups excluding tert-OH is 1. The van der Waals surface area contributed by atoms with Crippen LogP contribution < -0.4 is 0 Å². The number of ether oxygens (including phenoxy) is 4. The molecule has 1 saturated heterocycles. The number of hydrogen-bond donors (Lipinski definition) is 1. The summed E-state index contributed by atoms with van der Waals surface area (Å²) in [5.74, 6) is 0. The van der Waals surface area contributed by atoms with E-state index in [9.17, 15) is 5.11 Å². The molecule has 0 bridgehead atoms. The van der Waals surface area contributed by atoms with E-state index in [-0.39, 0.29) is 19.8 Å². The minimum absolute atomic E-state index is 0.175. The first kappa shape index (κ1) is 23.1. The normalized spacial score (nSPS) is 24.2. The van der Waals surface area contributed by atoms with Gasteiger partial charge in [-0.2, -0.15) is 0 Å². The van der Waals surface area contributed by atoms with Gasteiger partial charge in [-0.1, -0.05) is 58.5 Å². The Bertz CT molecular complexity index is 835. The first-order valence-electron chi connectivity index (χ1n) is 8.82. The molecule has 0 radical (unpaired) electrons. The Morgan fingerprint density at radius 3 is 2.07 bits per heavy atom. The number of methoxy groups -OCH3 is 1. The molecule has 0 aromatic heterocycles. The minimum Gasteiger partial charge on any atom is -0.385 e. The van der Waals surface area contributed by atoms with Crippen molar-refractivity contribution in [1.82, 2.24) is 0 Å². The molecular weight excluding hydrogens is 462 g/mol. The molecule has 3 rings (SSSR count). The van der Waals surface area contributed by atoms with Gasteiger partial charge in [0.25, 0.3) is 0 Å². The zero-order valence-electron chi connectivity index (χ0n) is 15.5. The van der Waals surface area contributed by atoms with Crippen molar-refractivity contribution in [2.45, 2.75) is 37.8 Å². The molecule has 1 aliphatic heterocycles. The summed E-state index contributed by atoms with van der Waals surface area (Å²) in [5, 5.41) is 12.6. The van der Waals surface area contributed by atoms with Gasteiger partial charge >= 0.3 is 0 Å². The molecule has 1 fully saturated rings.